The number of benzene rings is 1. The molecule has 0 N–H and O–H groups in total. The van der Waals surface area contributed by atoms with Gasteiger partial charge in [-0.05, 0) is 43.7 Å². The minimum absolute atomic E-state index is 0.0319. The van der Waals surface area contributed by atoms with E-state index in [9.17, 15) is 9.59 Å². The molecule has 1 saturated heterocycles. The standard InChI is InChI=1S/C24H25N5O2/c1-17-15-21(25-19-8-4-3-7-18(17)19)27-11-13-28(14-12-27)23(31)24(2)16-22(30)26-20-9-5-6-10-29(20)24/h3-10,15H,11-14,16H2,1-2H3. The second kappa shape index (κ2) is 7.34. The van der Waals surface area contributed by atoms with Gasteiger partial charge in [-0.25, -0.2) is 4.98 Å². The highest BCUT2D eigenvalue weighted by Crippen LogP contribution is 2.31. The molecule has 0 bridgehead atoms. The first-order valence-electron chi connectivity index (χ1n) is 10.6. The Kier molecular flexibility index (Phi) is 4.61. The molecule has 0 aliphatic carbocycles. The van der Waals surface area contributed by atoms with Gasteiger partial charge in [0.1, 0.15) is 17.2 Å². The number of carbonyl (C=O) groups excluding carboxylic acids is 2. The summed E-state index contributed by atoms with van der Waals surface area (Å²) in [5.41, 5.74) is 1.24. The lowest BCUT2D eigenvalue weighted by Gasteiger charge is -2.46. The van der Waals surface area contributed by atoms with Gasteiger partial charge in [0, 0.05) is 37.8 Å². The number of rotatable bonds is 2. The van der Waals surface area contributed by atoms with Crippen molar-refractivity contribution >= 4 is 34.4 Å². The van der Waals surface area contributed by atoms with Crippen LogP contribution in [0, 0.1) is 6.92 Å². The summed E-state index contributed by atoms with van der Waals surface area (Å²) in [7, 11) is 0. The molecule has 0 radical (unpaired) electrons. The van der Waals surface area contributed by atoms with Crippen LogP contribution in [0.3, 0.4) is 0 Å². The third-order valence-corrected chi connectivity index (χ3v) is 6.37. The number of amides is 2. The van der Waals surface area contributed by atoms with Gasteiger partial charge in [0.25, 0.3) is 5.91 Å². The van der Waals surface area contributed by atoms with Gasteiger partial charge in [0.15, 0.2) is 0 Å². The number of hydrogen-bond acceptors (Lipinski definition) is 5. The number of aryl methyl sites for hydroxylation is 1. The molecular weight excluding hydrogens is 390 g/mol. The van der Waals surface area contributed by atoms with Crippen molar-refractivity contribution in [2.24, 2.45) is 4.99 Å². The molecule has 0 spiro atoms. The normalized spacial score (nSPS) is 23.2. The number of nitrogens with zero attached hydrogens (tertiary/aromatic N) is 5. The lowest BCUT2D eigenvalue weighted by atomic mass is 9.90. The highest BCUT2D eigenvalue weighted by molar-refractivity contribution is 6.09. The quantitative estimate of drug-likeness (QED) is 0.754. The molecule has 1 aromatic carbocycles. The number of hydrogen-bond donors (Lipinski definition) is 0. The van der Waals surface area contributed by atoms with Gasteiger partial charge in [-0.2, -0.15) is 4.99 Å². The molecule has 1 unspecified atom stereocenters. The fourth-order valence-corrected chi connectivity index (χ4v) is 4.64. The van der Waals surface area contributed by atoms with Crippen molar-refractivity contribution in [2.45, 2.75) is 25.8 Å². The Bertz CT molecular complexity index is 1160. The summed E-state index contributed by atoms with van der Waals surface area (Å²) in [6.07, 6.45) is 7.39. The number of fused-ring (bicyclic) bond motifs is 2. The molecule has 5 rings (SSSR count). The van der Waals surface area contributed by atoms with Crippen LogP contribution in [-0.2, 0) is 9.59 Å². The maximum atomic E-state index is 13.5. The van der Waals surface area contributed by atoms with E-state index in [4.69, 9.17) is 4.98 Å². The van der Waals surface area contributed by atoms with Crippen LogP contribution in [0.25, 0.3) is 10.9 Å². The number of aromatic nitrogens is 1. The van der Waals surface area contributed by atoms with Crippen LogP contribution in [-0.4, -0.2) is 64.2 Å². The monoisotopic (exact) mass is 415 g/mol. The summed E-state index contributed by atoms with van der Waals surface area (Å²) in [5, 5.41) is 1.16. The van der Waals surface area contributed by atoms with E-state index in [1.807, 2.05) is 53.3 Å². The van der Waals surface area contributed by atoms with Gasteiger partial charge < -0.3 is 14.7 Å². The van der Waals surface area contributed by atoms with Crippen molar-refractivity contribution in [2.75, 3.05) is 31.1 Å². The highest BCUT2D eigenvalue weighted by Gasteiger charge is 2.47. The average molecular weight is 415 g/mol. The van der Waals surface area contributed by atoms with Crippen LogP contribution in [0.2, 0.25) is 0 Å². The van der Waals surface area contributed by atoms with E-state index in [0.717, 1.165) is 16.7 Å². The Morgan fingerprint density at radius 3 is 2.68 bits per heavy atom. The van der Waals surface area contributed by atoms with Gasteiger partial charge >= 0.3 is 0 Å². The van der Waals surface area contributed by atoms with Crippen LogP contribution in [0.5, 0.6) is 0 Å². The Balaban J connectivity index is 1.33. The van der Waals surface area contributed by atoms with E-state index in [2.05, 4.69) is 28.9 Å². The Morgan fingerprint density at radius 2 is 1.87 bits per heavy atom. The molecule has 2 amide bonds. The molecular formula is C24H25N5O2. The zero-order chi connectivity index (χ0) is 21.6. The zero-order valence-corrected chi connectivity index (χ0v) is 17.8. The van der Waals surface area contributed by atoms with Crippen LogP contribution in [0.15, 0.2) is 59.8 Å². The number of pyridine rings is 1. The predicted octanol–water partition coefficient (Wildman–Crippen LogP) is 2.66. The van der Waals surface area contributed by atoms with Crippen molar-refractivity contribution in [3.8, 4) is 0 Å². The van der Waals surface area contributed by atoms with Crippen LogP contribution in [0.1, 0.15) is 18.9 Å². The number of allylic oxidation sites excluding steroid dienone is 2. The van der Waals surface area contributed by atoms with E-state index in [-0.39, 0.29) is 18.2 Å². The molecule has 2 aromatic rings. The van der Waals surface area contributed by atoms with Crippen LogP contribution < -0.4 is 4.90 Å². The minimum atomic E-state index is -0.949. The highest BCUT2D eigenvalue weighted by atomic mass is 16.2. The SMILES string of the molecule is Cc1cc(N2CCN(C(=O)C3(C)CC(=O)N=C4C=CC=CN43)CC2)nc2ccccc12. The summed E-state index contributed by atoms with van der Waals surface area (Å²) in [6, 6.07) is 10.3. The first kappa shape index (κ1) is 19.5. The number of anilines is 1. The topological polar surface area (TPSA) is 69.1 Å². The number of carbonyl (C=O) groups is 2. The third-order valence-electron chi connectivity index (χ3n) is 6.37. The second-order valence-electron chi connectivity index (χ2n) is 8.48. The van der Waals surface area contributed by atoms with Crippen LogP contribution in [0.4, 0.5) is 5.82 Å². The smallest absolute Gasteiger partial charge is 0.250 e. The van der Waals surface area contributed by atoms with E-state index in [1.54, 1.807) is 6.08 Å². The predicted molar refractivity (Wildman–Crippen MR) is 121 cm³/mol. The van der Waals surface area contributed by atoms with Gasteiger partial charge in [-0.15, -0.1) is 0 Å². The van der Waals surface area contributed by atoms with Crippen molar-refractivity contribution in [1.82, 2.24) is 14.8 Å². The third kappa shape index (κ3) is 3.30. The average Bonchev–Trinajstić information content (AvgIpc) is 2.78. The summed E-state index contributed by atoms with van der Waals surface area (Å²) in [5.74, 6) is 1.19. The fourth-order valence-electron chi connectivity index (χ4n) is 4.64. The van der Waals surface area contributed by atoms with E-state index < -0.39 is 5.54 Å². The van der Waals surface area contributed by atoms with Crippen molar-refractivity contribution in [3.05, 3.63) is 60.3 Å². The second-order valence-corrected chi connectivity index (χ2v) is 8.48. The first-order chi connectivity index (χ1) is 15.0. The molecule has 7 heteroatoms. The van der Waals surface area contributed by atoms with Gasteiger partial charge in [0.05, 0.1) is 11.9 Å². The molecule has 3 aliphatic rings. The molecule has 1 fully saturated rings. The maximum Gasteiger partial charge on any atom is 0.250 e. The van der Waals surface area contributed by atoms with E-state index in [1.165, 1.54) is 5.56 Å². The summed E-state index contributed by atoms with van der Waals surface area (Å²) in [4.78, 5) is 40.6. The Hall–Kier alpha value is -3.48. The molecule has 3 aliphatic heterocycles. The fraction of sp³-hybridized carbons (Fsp3) is 0.333. The van der Waals surface area contributed by atoms with Crippen molar-refractivity contribution in [3.63, 3.8) is 0 Å². The lowest BCUT2D eigenvalue weighted by molar-refractivity contribution is -0.144. The summed E-state index contributed by atoms with van der Waals surface area (Å²) in [6.45, 7) is 6.54. The van der Waals surface area contributed by atoms with Crippen molar-refractivity contribution < 1.29 is 9.59 Å². The zero-order valence-electron chi connectivity index (χ0n) is 17.8. The minimum Gasteiger partial charge on any atom is -0.353 e. The molecule has 158 valence electrons. The number of para-hydroxylation sites is 1. The van der Waals surface area contributed by atoms with Gasteiger partial charge in [-0.1, -0.05) is 24.3 Å². The van der Waals surface area contributed by atoms with Crippen molar-refractivity contribution in [1.29, 1.82) is 0 Å². The van der Waals surface area contributed by atoms with Gasteiger partial charge in [0.2, 0.25) is 5.91 Å². The molecule has 7 nitrogen and oxygen atoms in total. The molecule has 31 heavy (non-hydrogen) atoms. The number of aliphatic imine (C=N–C) groups is 1. The molecule has 1 aromatic heterocycles. The van der Waals surface area contributed by atoms with Crippen LogP contribution >= 0.6 is 0 Å². The number of piperazine rings is 1. The summed E-state index contributed by atoms with van der Waals surface area (Å²) < 4.78 is 0. The lowest BCUT2D eigenvalue weighted by Crippen LogP contribution is -2.63. The first-order valence-corrected chi connectivity index (χ1v) is 10.6. The maximum absolute atomic E-state index is 13.5. The van der Waals surface area contributed by atoms with E-state index in [0.29, 0.717) is 32.0 Å². The largest absolute Gasteiger partial charge is 0.353 e. The molecule has 0 saturated carbocycles. The Morgan fingerprint density at radius 1 is 1.10 bits per heavy atom. The number of amidine groups is 1. The summed E-state index contributed by atoms with van der Waals surface area (Å²) >= 11 is 0. The van der Waals surface area contributed by atoms with E-state index >= 15 is 0 Å². The molecule has 1 atom stereocenters. The van der Waals surface area contributed by atoms with Gasteiger partial charge in [-0.3, -0.25) is 9.59 Å². The molecule has 4 heterocycles. The Labute approximate surface area is 181 Å².